The number of aliphatic hydroxyl groups excluding tert-OH is 1. The molecule has 4 nitrogen and oxygen atoms in total. The predicted molar refractivity (Wildman–Crippen MR) is 68.4 cm³/mol. The molecule has 2 rings (SSSR count). The highest BCUT2D eigenvalue weighted by Crippen LogP contribution is 2.25. The van der Waals surface area contributed by atoms with Crippen molar-refractivity contribution in [3.8, 4) is 5.75 Å². The number of hydrogen-bond acceptors (Lipinski definition) is 3. The van der Waals surface area contributed by atoms with Crippen molar-refractivity contribution in [3.63, 3.8) is 0 Å². The van der Waals surface area contributed by atoms with E-state index < -0.39 is 6.10 Å². The molecule has 1 aliphatic carbocycles. The Morgan fingerprint density at radius 3 is 2.89 bits per heavy atom. The summed E-state index contributed by atoms with van der Waals surface area (Å²) in [7, 11) is 0. The summed E-state index contributed by atoms with van der Waals surface area (Å²) in [4.78, 5) is 11.8. The van der Waals surface area contributed by atoms with Crippen molar-refractivity contribution >= 4 is 5.91 Å². The van der Waals surface area contributed by atoms with Gasteiger partial charge in [-0.15, -0.1) is 0 Å². The minimum absolute atomic E-state index is 0.0893. The molecule has 2 N–H and O–H groups in total. The lowest BCUT2D eigenvalue weighted by Gasteiger charge is -2.18. The van der Waals surface area contributed by atoms with Gasteiger partial charge in [0, 0.05) is 11.6 Å². The molecule has 1 fully saturated rings. The van der Waals surface area contributed by atoms with E-state index in [1.807, 2.05) is 19.1 Å². The number of benzene rings is 1. The van der Waals surface area contributed by atoms with E-state index >= 15 is 0 Å². The van der Waals surface area contributed by atoms with Crippen molar-refractivity contribution in [1.29, 1.82) is 0 Å². The Morgan fingerprint density at radius 2 is 2.28 bits per heavy atom. The zero-order valence-electron chi connectivity index (χ0n) is 10.8. The van der Waals surface area contributed by atoms with Crippen LogP contribution >= 0.6 is 0 Å². The van der Waals surface area contributed by atoms with Gasteiger partial charge in [-0.3, -0.25) is 4.79 Å². The van der Waals surface area contributed by atoms with Gasteiger partial charge >= 0.3 is 0 Å². The van der Waals surface area contributed by atoms with Crippen molar-refractivity contribution in [2.24, 2.45) is 0 Å². The number of carbonyl (C=O) groups excluding carboxylic acids is 1. The molecule has 1 atom stereocenters. The third kappa shape index (κ3) is 3.01. The predicted octanol–water partition coefficient (Wildman–Crippen LogP) is 1.53. The van der Waals surface area contributed by atoms with Crippen LogP contribution in [0.5, 0.6) is 5.75 Å². The average molecular weight is 249 g/mol. The number of aryl methyl sites for hydroxylation is 1. The monoisotopic (exact) mass is 249 g/mol. The molecule has 1 saturated carbocycles. The zero-order valence-corrected chi connectivity index (χ0v) is 10.8. The molecule has 0 radical (unpaired) electrons. The Morgan fingerprint density at radius 1 is 1.56 bits per heavy atom. The van der Waals surface area contributed by atoms with E-state index in [4.69, 9.17) is 4.74 Å². The van der Waals surface area contributed by atoms with Gasteiger partial charge in [0.05, 0.1) is 6.61 Å². The normalized spacial score (nSPS) is 16.2. The molecule has 1 aromatic carbocycles. The van der Waals surface area contributed by atoms with Gasteiger partial charge in [0.25, 0.3) is 5.91 Å². The van der Waals surface area contributed by atoms with Crippen LogP contribution in [0, 0.1) is 6.92 Å². The number of aliphatic hydroxyl groups is 1. The highest BCUT2D eigenvalue weighted by atomic mass is 16.5. The van der Waals surface area contributed by atoms with Gasteiger partial charge in [-0.25, -0.2) is 0 Å². The van der Waals surface area contributed by atoms with Crippen LogP contribution in [0.25, 0.3) is 0 Å². The van der Waals surface area contributed by atoms with E-state index in [1.165, 1.54) is 0 Å². The van der Waals surface area contributed by atoms with E-state index in [1.54, 1.807) is 13.0 Å². The molecule has 98 valence electrons. The Kier molecular flexibility index (Phi) is 3.87. The fourth-order valence-corrected chi connectivity index (χ4v) is 1.78. The van der Waals surface area contributed by atoms with Crippen molar-refractivity contribution in [3.05, 3.63) is 29.3 Å². The van der Waals surface area contributed by atoms with Crippen LogP contribution in [0.3, 0.4) is 0 Å². The van der Waals surface area contributed by atoms with Crippen molar-refractivity contribution < 1.29 is 14.6 Å². The second kappa shape index (κ2) is 5.40. The molecule has 0 aliphatic heterocycles. The first-order valence-corrected chi connectivity index (χ1v) is 6.28. The third-order valence-electron chi connectivity index (χ3n) is 3.05. The van der Waals surface area contributed by atoms with E-state index in [2.05, 4.69) is 5.32 Å². The van der Waals surface area contributed by atoms with Crippen LogP contribution in [0.4, 0.5) is 0 Å². The lowest BCUT2D eigenvalue weighted by molar-refractivity contribution is -0.127. The summed E-state index contributed by atoms with van der Waals surface area (Å²) in [6, 6.07) is 5.90. The SMILES string of the molecule is Cc1cccc(CO)c1OC(C)C(=O)NC1CC1. The van der Waals surface area contributed by atoms with E-state index in [-0.39, 0.29) is 12.5 Å². The number of amides is 1. The van der Waals surface area contributed by atoms with Gasteiger partial charge in [0.1, 0.15) is 5.75 Å². The fraction of sp³-hybridized carbons (Fsp3) is 0.500. The van der Waals surface area contributed by atoms with Crippen LogP contribution in [0.15, 0.2) is 18.2 Å². The molecule has 1 unspecified atom stereocenters. The molecule has 1 aromatic rings. The number of rotatable bonds is 5. The number of para-hydroxylation sites is 1. The summed E-state index contributed by atoms with van der Waals surface area (Å²) >= 11 is 0. The molecule has 0 heterocycles. The van der Waals surface area contributed by atoms with Crippen LogP contribution in [-0.2, 0) is 11.4 Å². The maximum absolute atomic E-state index is 11.8. The Labute approximate surface area is 107 Å². The standard InChI is InChI=1S/C14H19NO3/c1-9-4-3-5-11(8-16)13(9)18-10(2)14(17)15-12-6-7-12/h3-5,10,12,16H,6-8H2,1-2H3,(H,15,17). The zero-order chi connectivity index (χ0) is 13.1. The van der Waals surface area contributed by atoms with Gasteiger partial charge in [-0.1, -0.05) is 18.2 Å². The molecule has 0 spiro atoms. The maximum atomic E-state index is 11.8. The van der Waals surface area contributed by atoms with Crippen LogP contribution < -0.4 is 10.1 Å². The number of ether oxygens (including phenoxy) is 1. The second-order valence-electron chi connectivity index (χ2n) is 4.76. The van der Waals surface area contributed by atoms with E-state index in [0.29, 0.717) is 17.4 Å². The molecular formula is C14H19NO3. The molecule has 4 heteroatoms. The summed E-state index contributed by atoms with van der Waals surface area (Å²) in [5, 5.41) is 12.2. The highest BCUT2D eigenvalue weighted by Gasteiger charge is 2.26. The second-order valence-corrected chi connectivity index (χ2v) is 4.76. The van der Waals surface area contributed by atoms with Crippen LogP contribution in [0.2, 0.25) is 0 Å². The fourth-order valence-electron chi connectivity index (χ4n) is 1.78. The van der Waals surface area contributed by atoms with Crippen molar-refractivity contribution in [2.45, 2.75) is 45.4 Å². The first kappa shape index (κ1) is 12.9. The quantitative estimate of drug-likeness (QED) is 0.832. The summed E-state index contributed by atoms with van der Waals surface area (Å²) in [6.45, 7) is 3.54. The highest BCUT2D eigenvalue weighted by molar-refractivity contribution is 5.81. The molecule has 1 amide bonds. The van der Waals surface area contributed by atoms with Crippen molar-refractivity contribution in [2.75, 3.05) is 0 Å². The number of carbonyl (C=O) groups is 1. The van der Waals surface area contributed by atoms with Gasteiger partial charge in [0.15, 0.2) is 6.10 Å². The van der Waals surface area contributed by atoms with E-state index in [0.717, 1.165) is 18.4 Å². The topological polar surface area (TPSA) is 58.6 Å². The Balaban J connectivity index is 2.05. The van der Waals surface area contributed by atoms with E-state index in [9.17, 15) is 9.90 Å². The summed E-state index contributed by atoms with van der Waals surface area (Å²) in [6.07, 6.45) is 1.58. The smallest absolute Gasteiger partial charge is 0.260 e. The number of hydrogen-bond donors (Lipinski definition) is 2. The van der Waals surface area contributed by atoms with Gasteiger partial charge < -0.3 is 15.2 Å². The number of nitrogens with one attached hydrogen (secondary N) is 1. The molecular weight excluding hydrogens is 230 g/mol. The Hall–Kier alpha value is -1.55. The maximum Gasteiger partial charge on any atom is 0.260 e. The lowest BCUT2D eigenvalue weighted by Crippen LogP contribution is -2.37. The average Bonchev–Trinajstić information content (AvgIpc) is 3.15. The Bertz CT molecular complexity index is 441. The minimum atomic E-state index is -0.544. The van der Waals surface area contributed by atoms with Gasteiger partial charge in [0.2, 0.25) is 0 Å². The molecule has 0 bridgehead atoms. The molecule has 18 heavy (non-hydrogen) atoms. The summed E-state index contributed by atoms with van der Waals surface area (Å²) in [5.41, 5.74) is 1.63. The minimum Gasteiger partial charge on any atom is -0.480 e. The third-order valence-corrected chi connectivity index (χ3v) is 3.05. The van der Waals surface area contributed by atoms with Gasteiger partial charge in [-0.05, 0) is 32.3 Å². The first-order chi connectivity index (χ1) is 8.61. The largest absolute Gasteiger partial charge is 0.480 e. The van der Waals surface area contributed by atoms with Crippen LogP contribution in [-0.4, -0.2) is 23.2 Å². The molecule has 1 aliphatic rings. The molecule has 0 aromatic heterocycles. The lowest BCUT2D eigenvalue weighted by atomic mass is 10.1. The molecule has 0 saturated heterocycles. The van der Waals surface area contributed by atoms with Gasteiger partial charge in [-0.2, -0.15) is 0 Å². The van der Waals surface area contributed by atoms with Crippen molar-refractivity contribution in [1.82, 2.24) is 5.32 Å². The first-order valence-electron chi connectivity index (χ1n) is 6.28. The summed E-state index contributed by atoms with van der Waals surface area (Å²) in [5.74, 6) is 0.517. The van der Waals surface area contributed by atoms with Crippen LogP contribution in [0.1, 0.15) is 30.9 Å². The summed E-state index contributed by atoms with van der Waals surface area (Å²) < 4.78 is 5.69.